The maximum absolute atomic E-state index is 6.19. The summed E-state index contributed by atoms with van der Waals surface area (Å²) >= 11 is 0. The fraction of sp³-hybridized carbons (Fsp3) is 0.667. The van der Waals surface area contributed by atoms with Crippen molar-refractivity contribution in [2.45, 2.75) is 111 Å². The molecule has 182 valence electrons. The molecule has 0 spiro atoms. The van der Waals surface area contributed by atoms with E-state index in [4.69, 9.17) is 4.74 Å². The van der Waals surface area contributed by atoms with Crippen molar-refractivity contribution in [2.75, 3.05) is 6.61 Å². The average molecular weight is 451 g/mol. The minimum atomic E-state index is 0.718. The van der Waals surface area contributed by atoms with Crippen molar-refractivity contribution < 1.29 is 4.74 Å². The average Bonchev–Trinajstić information content (AvgIpc) is 2.84. The second-order valence-corrected chi connectivity index (χ2v) is 10.2. The number of rotatable bonds is 14. The molecule has 1 heterocycles. The quantitative estimate of drug-likeness (QED) is 0.270. The van der Waals surface area contributed by atoms with E-state index in [0.29, 0.717) is 0 Å². The summed E-state index contributed by atoms with van der Waals surface area (Å²) in [5.41, 5.74) is 3.52. The second kappa shape index (κ2) is 14.4. The Morgan fingerprint density at radius 1 is 0.818 bits per heavy atom. The van der Waals surface area contributed by atoms with E-state index in [9.17, 15) is 0 Å². The maximum Gasteiger partial charge on any atom is 0.128 e. The lowest BCUT2D eigenvalue weighted by atomic mass is 9.80. The van der Waals surface area contributed by atoms with E-state index in [-0.39, 0.29) is 0 Å². The van der Waals surface area contributed by atoms with Gasteiger partial charge >= 0.3 is 0 Å². The highest BCUT2D eigenvalue weighted by atomic mass is 16.5. The largest absolute Gasteiger partial charge is 0.493 e. The van der Waals surface area contributed by atoms with Crippen LogP contribution < -0.4 is 4.74 Å². The van der Waals surface area contributed by atoms with Crippen molar-refractivity contribution in [3.63, 3.8) is 0 Å². The molecule has 3 heteroatoms. The molecular weight excluding hydrogens is 404 g/mol. The van der Waals surface area contributed by atoms with Crippen LogP contribution in [0.3, 0.4) is 0 Å². The topological polar surface area (TPSA) is 35.0 Å². The Labute approximate surface area is 202 Å². The predicted octanol–water partition coefficient (Wildman–Crippen LogP) is 8.73. The first-order valence-corrected chi connectivity index (χ1v) is 13.7. The monoisotopic (exact) mass is 450 g/mol. The molecule has 2 aromatic rings. The summed E-state index contributed by atoms with van der Waals surface area (Å²) in [6.45, 7) is 7.59. The van der Waals surface area contributed by atoms with Gasteiger partial charge in [0.1, 0.15) is 11.6 Å². The van der Waals surface area contributed by atoms with Crippen LogP contribution in [0.25, 0.3) is 11.1 Å². The molecule has 0 aliphatic heterocycles. The Hall–Kier alpha value is -1.90. The molecule has 1 aromatic carbocycles. The van der Waals surface area contributed by atoms with Gasteiger partial charge in [-0.25, -0.2) is 9.97 Å². The van der Waals surface area contributed by atoms with Gasteiger partial charge in [-0.2, -0.15) is 0 Å². The number of ether oxygens (including phenoxy) is 1. The Morgan fingerprint density at radius 2 is 1.48 bits per heavy atom. The van der Waals surface area contributed by atoms with Gasteiger partial charge in [-0.3, -0.25) is 0 Å². The number of aryl methyl sites for hydroxylation is 2. The fourth-order valence-corrected chi connectivity index (χ4v) is 5.22. The van der Waals surface area contributed by atoms with Crippen LogP contribution in [0.4, 0.5) is 0 Å². The molecule has 3 rings (SSSR count). The summed E-state index contributed by atoms with van der Waals surface area (Å²) in [7, 11) is 0. The summed E-state index contributed by atoms with van der Waals surface area (Å²) in [4.78, 5) is 9.28. The first kappa shape index (κ1) is 25.7. The zero-order valence-electron chi connectivity index (χ0n) is 21.5. The van der Waals surface area contributed by atoms with Gasteiger partial charge in [-0.1, -0.05) is 84.1 Å². The molecule has 1 aromatic heterocycles. The van der Waals surface area contributed by atoms with Crippen molar-refractivity contribution in [1.29, 1.82) is 0 Å². The van der Waals surface area contributed by atoms with Crippen LogP contribution in [0, 0.1) is 18.8 Å². The molecular formula is C30H46N2O. The normalized spacial score (nSPS) is 18.4. The molecule has 1 fully saturated rings. The van der Waals surface area contributed by atoms with E-state index in [2.05, 4.69) is 48.9 Å². The lowest BCUT2D eigenvalue weighted by Crippen LogP contribution is -2.20. The highest BCUT2D eigenvalue weighted by Crippen LogP contribution is 2.32. The number of hydrogen-bond donors (Lipinski definition) is 0. The number of aromatic nitrogens is 2. The number of unbranched alkanes of at least 4 members (excludes halogenated alkanes) is 6. The molecule has 0 atom stereocenters. The Bertz CT molecular complexity index is 793. The zero-order valence-corrected chi connectivity index (χ0v) is 21.5. The van der Waals surface area contributed by atoms with Gasteiger partial charge in [0.25, 0.3) is 0 Å². The van der Waals surface area contributed by atoms with Crippen LogP contribution in [0.5, 0.6) is 5.75 Å². The summed E-state index contributed by atoms with van der Waals surface area (Å²) in [6.07, 6.45) is 22.4. The van der Waals surface area contributed by atoms with Gasteiger partial charge in [0.2, 0.25) is 0 Å². The zero-order chi connectivity index (χ0) is 23.3. The SMILES string of the molecule is CCCCCCCCCc1ncc(-c2ccc(OCC3CCC(CCC)CC3)cc2C)cn1. The Morgan fingerprint density at radius 3 is 2.15 bits per heavy atom. The molecule has 0 saturated heterocycles. The van der Waals surface area contributed by atoms with Crippen molar-refractivity contribution in [3.05, 3.63) is 42.0 Å². The second-order valence-electron chi connectivity index (χ2n) is 10.2. The molecule has 33 heavy (non-hydrogen) atoms. The third kappa shape index (κ3) is 8.76. The third-order valence-electron chi connectivity index (χ3n) is 7.37. The van der Waals surface area contributed by atoms with Crippen molar-refractivity contribution >= 4 is 0 Å². The van der Waals surface area contributed by atoms with Gasteiger partial charge in [0, 0.05) is 24.4 Å². The molecule has 0 radical (unpaired) electrons. The molecule has 1 aliphatic rings. The summed E-state index contributed by atoms with van der Waals surface area (Å²) in [5.74, 6) is 3.63. The van der Waals surface area contributed by atoms with Crippen LogP contribution in [0.1, 0.15) is 109 Å². The van der Waals surface area contributed by atoms with Crippen LogP contribution in [0.15, 0.2) is 30.6 Å². The maximum atomic E-state index is 6.19. The molecule has 1 aliphatic carbocycles. The first-order chi connectivity index (χ1) is 16.2. The van der Waals surface area contributed by atoms with Crippen LogP contribution in [-0.4, -0.2) is 16.6 Å². The van der Waals surface area contributed by atoms with Crippen LogP contribution >= 0.6 is 0 Å². The van der Waals surface area contributed by atoms with E-state index in [1.54, 1.807) is 0 Å². The van der Waals surface area contributed by atoms with Crippen molar-refractivity contribution in [1.82, 2.24) is 9.97 Å². The van der Waals surface area contributed by atoms with E-state index in [1.165, 1.54) is 94.6 Å². The van der Waals surface area contributed by atoms with Gasteiger partial charge < -0.3 is 4.74 Å². The van der Waals surface area contributed by atoms with E-state index in [1.807, 2.05) is 12.4 Å². The molecule has 0 unspecified atom stereocenters. The van der Waals surface area contributed by atoms with Crippen molar-refractivity contribution in [2.24, 2.45) is 11.8 Å². The number of nitrogens with zero attached hydrogens (tertiary/aromatic N) is 2. The van der Waals surface area contributed by atoms with E-state index in [0.717, 1.165) is 42.0 Å². The minimum absolute atomic E-state index is 0.718. The molecule has 1 saturated carbocycles. The van der Waals surface area contributed by atoms with Crippen LogP contribution in [-0.2, 0) is 6.42 Å². The summed E-state index contributed by atoms with van der Waals surface area (Å²) < 4.78 is 6.19. The highest BCUT2D eigenvalue weighted by Gasteiger charge is 2.21. The number of hydrogen-bond acceptors (Lipinski definition) is 3. The summed E-state index contributed by atoms with van der Waals surface area (Å²) in [6, 6.07) is 6.44. The van der Waals surface area contributed by atoms with Gasteiger partial charge in [-0.05, 0) is 61.3 Å². The molecule has 0 bridgehead atoms. The third-order valence-corrected chi connectivity index (χ3v) is 7.37. The van der Waals surface area contributed by atoms with E-state index < -0.39 is 0 Å². The Balaban J connectivity index is 1.42. The molecule has 0 amide bonds. The fourth-order valence-electron chi connectivity index (χ4n) is 5.22. The smallest absolute Gasteiger partial charge is 0.128 e. The van der Waals surface area contributed by atoms with Gasteiger partial charge in [0.05, 0.1) is 6.61 Å². The van der Waals surface area contributed by atoms with Gasteiger partial charge in [0.15, 0.2) is 0 Å². The van der Waals surface area contributed by atoms with Crippen molar-refractivity contribution in [3.8, 4) is 16.9 Å². The lowest BCUT2D eigenvalue weighted by Gasteiger charge is -2.28. The van der Waals surface area contributed by atoms with Crippen LogP contribution in [0.2, 0.25) is 0 Å². The summed E-state index contributed by atoms with van der Waals surface area (Å²) in [5, 5.41) is 0. The lowest BCUT2D eigenvalue weighted by molar-refractivity contribution is 0.178. The highest BCUT2D eigenvalue weighted by molar-refractivity contribution is 5.66. The first-order valence-electron chi connectivity index (χ1n) is 13.7. The van der Waals surface area contributed by atoms with Gasteiger partial charge in [-0.15, -0.1) is 0 Å². The van der Waals surface area contributed by atoms with E-state index >= 15 is 0 Å². The minimum Gasteiger partial charge on any atom is -0.493 e. The number of benzene rings is 1. The molecule has 0 N–H and O–H groups in total. The predicted molar refractivity (Wildman–Crippen MR) is 140 cm³/mol. The molecule has 3 nitrogen and oxygen atoms in total. The standard InChI is InChI=1S/C30H46N2O/c1-4-6-7-8-9-10-11-13-30-31-21-27(22-32-30)29-19-18-28(20-24(29)3)33-23-26-16-14-25(12-5-2)15-17-26/h18-22,25-26H,4-17,23H2,1-3H3. The Kier molecular flexibility index (Phi) is 11.2.